The van der Waals surface area contributed by atoms with Gasteiger partial charge in [0.2, 0.25) is 0 Å². The summed E-state index contributed by atoms with van der Waals surface area (Å²) < 4.78 is 40.7. The second-order valence-electron chi connectivity index (χ2n) is 14.0. The molecule has 1 nitrogen and oxygen atoms in total. The van der Waals surface area contributed by atoms with Crippen LogP contribution in [0.5, 0.6) is 0 Å². The maximum atomic E-state index is 13.6. The number of rotatable bonds is 4. The fraction of sp³-hybridized carbons (Fsp3) is 1.00. The van der Waals surface area contributed by atoms with Gasteiger partial charge in [-0.05, 0) is 116 Å². The molecule has 4 saturated carbocycles. The van der Waals surface area contributed by atoms with Gasteiger partial charge in [0.1, 0.15) is 0 Å². The van der Waals surface area contributed by atoms with Gasteiger partial charge in [0.15, 0.2) is 5.60 Å². The number of unbranched alkanes of at least 4 members (excludes halogenated alkanes) is 1. The van der Waals surface area contributed by atoms with Crippen molar-refractivity contribution < 1.29 is 18.3 Å². The average molecular weight is 457 g/mol. The molecule has 0 radical (unpaired) electrons. The molecule has 0 bridgehead atoms. The third-order valence-corrected chi connectivity index (χ3v) is 11.2. The quantitative estimate of drug-likeness (QED) is 0.420. The number of alkyl halides is 3. The minimum absolute atomic E-state index is 0.0167. The predicted octanol–water partition coefficient (Wildman–Crippen LogP) is 8.55. The molecule has 4 heteroatoms. The van der Waals surface area contributed by atoms with Crippen molar-refractivity contribution in [3.8, 4) is 0 Å². The Morgan fingerprint density at radius 1 is 0.812 bits per heavy atom. The molecule has 0 aromatic rings. The number of hydrogen-bond acceptors (Lipinski definition) is 1. The first kappa shape index (κ1) is 24.9. The van der Waals surface area contributed by atoms with Crippen LogP contribution < -0.4 is 0 Å². The summed E-state index contributed by atoms with van der Waals surface area (Å²) in [5.74, 6) is 2.85. The largest absolute Gasteiger partial charge is 0.417 e. The van der Waals surface area contributed by atoms with Crippen LogP contribution in [0.2, 0.25) is 0 Å². The summed E-state index contributed by atoms with van der Waals surface area (Å²) >= 11 is 0. The van der Waals surface area contributed by atoms with Gasteiger partial charge in [-0.15, -0.1) is 0 Å². The molecule has 7 unspecified atom stereocenters. The molecule has 4 aliphatic carbocycles. The number of halogens is 3. The van der Waals surface area contributed by atoms with Gasteiger partial charge in [0.25, 0.3) is 0 Å². The minimum Gasteiger partial charge on any atom is -0.380 e. The van der Waals surface area contributed by atoms with Gasteiger partial charge in [0, 0.05) is 0 Å². The summed E-state index contributed by atoms with van der Waals surface area (Å²) in [4.78, 5) is 0. The van der Waals surface area contributed by atoms with E-state index in [0.717, 1.165) is 24.7 Å². The van der Waals surface area contributed by atoms with Gasteiger partial charge < -0.3 is 5.11 Å². The first-order chi connectivity index (χ1) is 14.7. The number of fused-ring (bicyclic) bond motifs is 5. The van der Waals surface area contributed by atoms with E-state index in [0.29, 0.717) is 29.1 Å². The molecular formula is C28H47F3O. The highest BCUT2D eigenvalue weighted by Crippen LogP contribution is 2.69. The Labute approximate surface area is 194 Å². The molecule has 1 N–H and O–H groups in total. The van der Waals surface area contributed by atoms with Crippen molar-refractivity contribution >= 4 is 0 Å². The van der Waals surface area contributed by atoms with Crippen molar-refractivity contribution in [2.75, 3.05) is 0 Å². The highest BCUT2D eigenvalue weighted by Gasteiger charge is 2.64. The molecule has 186 valence electrons. The van der Waals surface area contributed by atoms with Crippen LogP contribution in [0.3, 0.4) is 0 Å². The third kappa shape index (κ3) is 4.17. The summed E-state index contributed by atoms with van der Waals surface area (Å²) in [6.45, 7) is 11.8. The standard InChI is InChI=1S/C28H47F3O/c1-24(2,3)14-7-6-8-19-10-12-22-21-11-9-20-18-27(32,28(29,30)31)17-16-26(20,5)23(21)13-15-25(19,22)4/h19-23,32H,6-18H2,1-5H3/t19-,20?,21?,22?,23?,25?,26?,27?/m0/s1. The van der Waals surface area contributed by atoms with Crippen molar-refractivity contribution in [3.63, 3.8) is 0 Å². The van der Waals surface area contributed by atoms with Gasteiger partial charge in [-0.3, -0.25) is 0 Å². The Bertz CT molecular complexity index is 681. The summed E-state index contributed by atoms with van der Waals surface area (Å²) in [7, 11) is 0. The van der Waals surface area contributed by atoms with Crippen LogP contribution in [0.15, 0.2) is 0 Å². The molecule has 4 rings (SSSR count). The molecule has 4 aliphatic rings. The van der Waals surface area contributed by atoms with Crippen LogP contribution in [-0.2, 0) is 0 Å². The van der Waals surface area contributed by atoms with Gasteiger partial charge in [0.05, 0.1) is 0 Å². The summed E-state index contributed by atoms with van der Waals surface area (Å²) in [6.07, 6.45) is 8.27. The van der Waals surface area contributed by atoms with E-state index < -0.39 is 11.8 Å². The minimum atomic E-state index is -4.50. The zero-order valence-corrected chi connectivity index (χ0v) is 21.2. The number of aliphatic hydroxyl groups is 1. The Morgan fingerprint density at radius 2 is 1.50 bits per heavy atom. The van der Waals surface area contributed by atoms with Crippen molar-refractivity contribution in [1.82, 2.24) is 0 Å². The van der Waals surface area contributed by atoms with E-state index >= 15 is 0 Å². The molecule has 4 fully saturated rings. The van der Waals surface area contributed by atoms with E-state index in [1.54, 1.807) is 0 Å². The second kappa shape index (κ2) is 8.16. The van der Waals surface area contributed by atoms with Crippen LogP contribution in [0.25, 0.3) is 0 Å². The highest BCUT2D eigenvalue weighted by atomic mass is 19.4. The molecule has 0 saturated heterocycles. The Balaban J connectivity index is 1.43. The van der Waals surface area contributed by atoms with Gasteiger partial charge in [-0.25, -0.2) is 0 Å². The SMILES string of the molecule is CC(C)(C)CCCC[C@H]1CCC2C3CCC4CC(O)(C(F)(F)F)CCC4(C)C3CCC21C. The first-order valence-corrected chi connectivity index (χ1v) is 13.5. The second-order valence-corrected chi connectivity index (χ2v) is 14.0. The van der Waals surface area contributed by atoms with Crippen molar-refractivity contribution in [2.45, 2.75) is 130 Å². The fourth-order valence-corrected chi connectivity index (χ4v) is 9.13. The van der Waals surface area contributed by atoms with E-state index in [4.69, 9.17) is 0 Å². The Kier molecular flexibility index (Phi) is 6.34. The van der Waals surface area contributed by atoms with Crippen LogP contribution in [0, 0.1) is 45.8 Å². The molecular weight excluding hydrogens is 409 g/mol. The Hall–Kier alpha value is -0.250. The third-order valence-electron chi connectivity index (χ3n) is 11.2. The molecule has 0 spiro atoms. The lowest BCUT2D eigenvalue weighted by Gasteiger charge is -2.62. The van der Waals surface area contributed by atoms with Gasteiger partial charge in [-0.1, -0.05) is 47.5 Å². The van der Waals surface area contributed by atoms with E-state index in [9.17, 15) is 18.3 Å². The van der Waals surface area contributed by atoms with Gasteiger partial charge >= 0.3 is 6.18 Å². The molecule has 8 atom stereocenters. The van der Waals surface area contributed by atoms with Crippen molar-refractivity contribution in [3.05, 3.63) is 0 Å². The summed E-state index contributed by atoms with van der Waals surface area (Å²) in [5, 5.41) is 10.4. The van der Waals surface area contributed by atoms with Crippen molar-refractivity contribution in [1.29, 1.82) is 0 Å². The van der Waals surface area contributed by atoms with E-state index in [-0.39, 0.29) is 24.2 Å². The average Bonchev–Trinajstić information content (AvgIpc) is 3.01. The summed E-state index contributed by atoms with van der Waals surface area (Å²) in [6, 6.07) is 0. The zero-order valence-electron chi connectivity index (χ0n) is 21.2. The van der Waals surface area contributed by atoms with E-state index in [2.05, 4.69) is 34.6 Å². The van der Waals surface area contributed by atoms with E-state index in [1.807, 2.05) is 0 Å². The smallest absolute Gasteiger partial charge is 0.380 e. The van der Waals surface area contributed by atoms with Crippen molar-refractivity contribution in [2.24, 2.45) is 45.8 Å². The fourth-order valence-electron chi connectivity index (χ4n) is 9.13. The molecule has 0 aromatic heterocycles. The Morgan fingerprint density at radius 3 is 2.16 bits per heavy atom. The maximum Gasteiger partial charge on any atom is 0.417 e. The van der Waals surface area contributed by atoms with Crippen LogP contribution in [0.1, 0.15) is 118 Å². The highest BCUT2D eigenvalue weighted by molar-refractivity contribution is 5.11. The molecule has 0 heterocycles. The van der Waals surface area contributed by atoms with E-state index in [1.165, 1.54) is 51.4 Å². The maximum absolute atomic E-state index is 13.6. The monoisotopic (exact) mass is 456 g/mol. The normalized spacial score (nSPS) is 47.0. The predicted molar refractivity (Wildman–Crippen MR) is 124 cm³/mol. The van der Waals surface area contributed by atoms with Crippen LogP contribution in [-0.4, -0.2) is 16.9 Å². The summed E-state index contributed by atoms with van der Waals surface area (Å²) in [5.41, 5.74) is -1.62. The van der Waals surface area contributed by atoms with Crippen LogP contribution >= 0.6 is 0 Å². The zero-order chi connectivity index (χ0) is 23.6. The molecule has 0 aromatic carbocycles. The number of hydrogen-bond donors (Lipinski definition) is 1. The lowest BCUT2D eigenvalue weighted by Crippen LogP contribution is -2.59. The lowest BCUT2D eigenvalue weighted by molar-refractivity contribution is -0.290. The molecule has 0 amide bonds. The van der Waals surface area contributed by atoms with Crippen LogP contribution in [0.4, 0.5) is 13.2 Å². The van der Waals surface area contributed by atoms with Gasteiger partial charge in [-0.2, -0.15) is 13.2 Å². The first-order valence-electron chi connectivity index (χ1n) is 13.5. The lowest BCUT2D eigenvalue weighted by atomic mass is 9.43. The molecule has 0 aliphatic heterocycles. The molecule has 32 heavy (non-hydrogen) atoms. The topological polar surface area (TPSA) is 20.2 Å².